The fraction of sp³-hybridized carbons (Fsp3) is 0.389. The maximum atomic E-state index is 9.54. The summed E-state index contributed by atoms with van der Waals surface area (Å²) in [6.45, 7) is 6.45. The Morgan fingerprint density at radius 1 is 1.09 bits per heavy atom. The Labute approximate surface area is 137 Å². The molecule has 1 aromatic heterocycles. The molecule has 0 radical (unpaired) electrons. The average molecular weight is 307 g/mol. The van der Waals surface area contributed by atoms with Gasteiger partial charge in [-0.25, -0.2) is 0 Å². The van der Waals surface area contributed by atoms with Gasteiger partial charge in [0.25, 0.3) is 0 Å². The third-order valence-electron chi connectivity index (χ3n) is 4.23. The van der Waals surface area contributed by atoms with E-state index >= 15 is 0 Å². The Hall–Kier alpha value is -2.29. The fourth-order valence-electron chi connectivity index (χ4n) is 2.91. The van der Waals surface area contributed by atoms with Gasteiger partial charge in [0, 0.05) is 45.1 Å². The van der Waals surface area contributed by atoms with E-state index in [9.17, 15) is 5.26 Å². The summed E-state index contributed by atoms with van der Waals surface area (Å²) in [4.78, 5) is 13.3. The van der Waals surface area contributed by atoms with Gasteiger partial charge in [0.2, 0.25) is 0 Å². The Bertz CT molecular complexity index is 654. The molecule has 1 aromatic carbocycles. The van der Waals surface area contributed by atoms with Crippen LogP contribution in [0.15, 0.2) is 42.7 Å². The molecule has 5 heteroatoms. The van der Waals surface area contributed by atoms with Crippen molar-refractivity contribution in [3.05, 3.63) is 59.7 Å². The summed E-state index contributed by atoms with van der Waals surface area (Å²) in [7, 11) is 0. The van der Waals surface area contributed by atoms with E-state index in [0.29, 0.717) is 0 Å². The maximum absolute atomic E-state index is 9.54. The number of hydrogen-bond acceptors (Lipinski definition) is 5. The summed E-state index contributed by atoms with van der Waals surface area (Å²) in [6, 6.07) is 12.3. The summed E-state index contributed by atoms with van der Waals surface area (Å²) >= 11 is 0. The summed E-state index contributed by atoms with van der Waals surface area (Å²) < 4.78 is 0. The van der Waals surface area contributed by atoms with E-state index in [0.717, 1.165) is 49.7 Å². The molecule has 0 aliphatic carbocycles. The van der Waals surface area contributed by atoms with Gasteiger partial charge in [-0.2, -0.15) is 5.26 Å². The quantitative estimate of drug-likeness (QED) is 0.866. The number of nitrogens with zero attached hydrogens (tertiary/aromatic N) is 5. The predicted molar refractivity (Wildman–Crippen MR) is 88.4 cm³/mol. The van der Waals surface area contributed by atoms with Crippen LogP contribution in [-0.4, -0.2) is 45.9 Å². The largest absolute Gasteiger partial charge is 0.295 e. The molecular weight excluding hydrogens is 286 g/mol. The molecule has 2 aromatic rings. The topological polar surface area (TPSA) is 56.1 Å². The highest BCUT2D eigenvalue weighted by Gasteiger charge is 2.24. The van der Waals surface area contributed by atoms with Crippen molar-refractivity contribution in [2.24, 2.45) is 0 Å². The van der Waals surface area contributed by atoms with Crippen molar-refractivity contribution in [3.63, 3.8) is 0 Å². The second-order valence-electron chi connectivity index (χ2n) is 5.90. The molecule has 0 saturated carbocycles. The molecule has 23 heavy (non-hydrogen) atoms. The highest BCUT2D eigenvalue weighted by Crippen LogP contribution is 2.21. The number of rotatable bonds is 4. The maximum Gasteiger partial charge on any atom is 0.123 e. The van der Waals surface area contributed by atoms with Crippen molar-refractivity contribution >= 4 is 0 Å². The predicted octanol–water partition coefficient (Wildman–Crippen LogP) is 2.17. The van der Waals surface area contributed by atoms with Crippen molar-refractivity contribution < 1.29 is 0 Å². The van der Waals surface area contributed by atoms with Gasteiger partial charge in [-0.1, -0.05) is 30.3 Å². The van der Waals surface area contributed by atoms with E-state index in [4.69, 9.17) is 0 Å². The zero-order valence-corrected chi connectivity index (χ0v) is 13.4. The van der Waals surface area contributed by atoms with Crippen LogP contribution in [0.2, 0.25) is 0 Å². The van der Waals surface area contributed by atoms with Gasteiger partial charge in [-0.05, 0) is 12.5 Å². The number of hydrogen-bond donors (Lipinski definition) is 0. The second kappa shape index (κ2) is 7.32. The van der Waals surface area contributed by atoms with Crippen LogP contribution in [-0.2, 0) is 6.54 Å². The standard InChI is InChI=1S/C18H21N5/c1-15-12-21-17(13-20-15)14-22-7-9-23(10-8-22)18(11-19)16-5-3-2-4-6-16/h2-6,12-13,18H,7-10,14H2,1H3/t18-/m0/s1. The van der Waals surface area contributed by atoms with Crippen molar-refractivity contribution in [1.82, 2.24) is 19.8 Å². The average Bonchev–Trinajstić information content (AvgIpc) is 2.60. The minimum atomic E-state index is -0.155. The molecule has 1 atom stereocenters. The van der Waals surface area contributed by atoms with Crippen LogP contribution in [0.25, 0.3) is 0 Å². The zero-order valence-electron chi connectivity index (χ0n) is 13.4. The van der Waals surface area contributed by atoms with Crippen molar-refractivity contribution in [3.8, 4) is 6.07 Å². The number of aryl methyl sites for hydroxylation is 1. The third-order valence-corrected chi connectivity index (χ3v) is 4.23. The lowest BCUT2D eigenvalue weighted by Crippen LogP contribution is -2.47. The molecule has 0 amide bonds. The summed E-state index contributed by atoms with van der Waals surface area (Å²) in [5, 5.41) is 9.54. The Kier molecular flexibility index (Phi) is 4.96. The lowest BCUT2D eigenvalue weighted by molar-refractivity contribution is 0.108. The van der Waals surface area contributed by atoms with Gasteiger partial charge in [-0.3, -0.25) is 19.8 Å². The third kappa shape index (κ3) is 3.92. The van der Waals surface area contributed by atoms with Crippen molar-refractivity contribution in [2.45, 2.75) is 19.5 Å². The highest BCUT2D eigenvalue weighted by molar-refractivity contribution is 5.24. The van der Waals surface area contributed by atoms with E-state index < -0.39 is 0 Å². The van der Waals surface area contributed by atoms with Crippen LogP contribution in [0, 0.1) is 18.3 Å². The monoisotopic (exact) mass is 307 g/mol. The van der Waals surface area contributed by atoms with Gasteiger partial charge in [0.15, 0.2) is 0 Å². The molecule has 1 fully saturated rings. The van der Waals surface area contributed by atoms with Gasteiger partial charge >= 0.3 is 0 Å². The van der Waals surface area contributed by atoms with E-state index in [2.05, 4.69) is 25.8 Å². The van der Waals surface area contributed by atoms with E-state index in [1.165, 1.54) is 0 Å². The molecule has 0 unspecified atom stereocenters. The number of benzene rings is 1. The molecule has 0 spiro atoms. The van der Waals surface area contributed by atoms with Crippen LogP contribution in [0.4, 0.5) is 0 Å². The van der Waals surface area contributed by atoms with Crippen LogP contribution in [0.1, 0.15) is 23.0 Å². The van der Waals surface area contributed by atoms with Crippen molar-refractivity contribution in [1.29, 1.82) is 5.26 Å². The first kappa shape index (κ1) is 15.6. The van der Waals surface area contributed by atoms with E-state index in [1.807, 2.05) is 49.6 Å². The zero-order chi connectivity index (χ0) is 16.1. The first-order valence-corrected chi connectivity index (χ1v) is 7.95. The van der Waals surface area contributed by atoms with Crippen LogP contribution in [0.3, 0.4) is 0 Å². The molecule has 1 saturated heterocycles. The molecule has 5 nitrogen and oxygen atoms in total. The lowest BCUT2D eigenvalue weighted by Gasteiger charge is -2.36. The Balaban J connectivity index is 1.57. The molecular formula is C18H21N5. The number of aromatic nitrogens is 2. The molecule has 1 aliphatic heterocycles. The molecule has 2 heterocycles. The summed E-state index contributed by atoms with van der Waals surface area (Å²) in [6.07, 6.45) is 3.66. The normalized spacial score (nSPS) is 17.6. The molecule has 0 N–H and O–H groups in total. The number of nitriles is 1. The van der Waals surface area contributed by atoms with E-state index in [1.54, 1.807) is 0 Å². The minimum Gasteiger partial charge on any atom is -0.295 e. The second-order valence-corrected chi connectivity index (χ2v) is 5.90. The smallest absolute Gasteiger partial charge is 0.123 e. The fourth-order valence-corrected chi connectivity index (χ4v) is 2.91. The molecule has 1 aliphatic rings. The number of piperazine rings is 1. The van der Waals surface area contributed by atoms with Crippen molar-refractivity contribution in [2.75, 3.05) is 26.2 Å². The van der Waals surface area contributed by atoms with Gasteiger partial charge in [0.05, 0.1) is 17.5 Å². The molecule has 0 bridgehead atoms. The van der Waals surface area contributed by atoms with Crippen LogP contribution >= 0.6 is 0 Å². The lowest BCUT2D eigenvalue weighted by atomic mass is 10.1. The summed E-state index contributed by atoms with van der Waals surface area (Å²) in [5.41, 5.74) is 3.02. The Morgan fingerprint density at radius 2 is 1.83 bits per heavy atom. The first-order chi connectivity index (χ1) is 11.3. The van der Waals surface area contributed by atoms with Gasteiger partial charge in [-0.15, -0.1) is 0 Å². The summed E-state index contributed by atoms with van der Waals surface area (Å²) in [5.74, 6) is 0. The molecule has 118 valence electrons. The van der Waals surface area contributed by atoms with Gasteiger partial charge < -0.3 is 0 Å². The Morgan fingerprint density at radius 3 is 2.43 bits per heavy atom. The highest BCUT2D eigenvalue weighted by atomic mass is 15.3. The molecule has 3 rings (SSSR count). The van der Waals surface area contributed by atoms with Crippen LogP contribution < -0.4 is 0 Å². The minimum absolute atomic E-state index is 0.155. The van der Waals surface area contributed by atoms with Crippen LogP contribution in [0.5, 0.6) is 0 Å². The van der Waals surface area contributed by atoms with Gasteiger partial charge in [0.1, 0.15) is 6.04 Å². The first-order valence-electron chi connectivity index (χ1n) is 7.95. The SMILES string of the molecule is Cc1cnc(CN2CCN([C@@H](C#N)c3ccccc3)CC2)cn1. The van der Waals surface area contributed by atoms with E-state index in [-0.39, 0.29) is 6.04 Å².